The maximum atomic E-state index is 12.4. The number of hydrogen-bond acceptors (Lipinski definition) is 7. The molecule has 4 aliphatic carbocycles. The minimum atomic E-state index is -0.306. The summed E-state index contributed by atoms with van der Waals surface area (Å²) in [4.78, 5) is 37.0. The minimum Gasteiger partial charge on any atom is -0.463 e. The van der Waals surface area contributed by atoms with Crippen molar-refractivity contribution < 1.29 is 33.7 Å². The molecule has 0 radical (unpaired) electrons. The number of ether oxygens (including phenoxy) is 3. The molecule has 0 heterocycles. The summed E-state index contributed by atoms with van der Waals surface area (Å²) in [6.07, 6.45) is 6.34. The maximum absolute atomic E-state index is 12.4. The molecule has 0 amide bonds. The highest BCUT2D eigenvalue weighted by Crippen LogP contribution is 2.69. The first-order valence-corrected chi connectivity index (χ1v) is 15.0. The molecule has 38 heavy (non-hydrogen) atoms. The van der Waals surface area contributed by atoms with Crippen molar-refractivity contribution in [2.45, 2.75) is 131 Å². The predicted octanol–water partition coefficient (Wildman–Crippen LogP) is 5.46. The number of aliphatic hydroxyl groups is 1. The number of fused-ring (bicyclic) bond motifs is 5. The zero-order valence-electron chi connectivity index (χ0n) is 24.5. The normalized spacial score (nSPS) is 42.9. The molecule has 11 atom stereocenters. The Labute approximate surface area is 228 Å². The number of esters is 3. The van der Waals surface area contributed by atoms with E-state index in [0.717, 1.165) is 51.4 Å². The van der Waals surface area contributed by atoms with Gasteiger partial charge in [-0.1, -0.05) is 20.8 Å². The van der Waals surface area contributed by atoms with E-state index < -0.39 is 0 Å². The van der Waals surface area contributed by atoms with Gasteiger partial charge in [0.05, 0.1) is 12.2 Å². The van der Waals surface area contributed by atoms with E-state index in [1.54, 1.807) is 0 Å². The lowest BCUT2D eigenvalue weighted by Crippen LogP contribution is -2.63. The first-order chi connectivity index (χ1) is 17.8. The molecule has 1 N–H and O–H groups in total. The largest absolute Gasteiger partial charge is 0.463 e. The van der Waals surface area contributed by atoms with E-state index in [-0.39, 0.29) is 82.7 Å². The molecule has 7 heteroatoms. The quantitative estimate of drug-likeness (QED) is 0.342. The van der Waals surface area contributed by atoms with Gasteiger partial charge in [-0.15, -0.1) is 0 Å². The third-order valence-corrected chi connectivity index (χ3v) is 11.3. The molecule has 0 aliphatic heterocycles. The van der Waals surface area contributed by atoms with Gasteiger partial charge in [0.2, 0.25) is 0 Å². The number of hydrogen-bond donors (Lipinski definition) is 1. The van der Waals surface area contributed by atoms with Gasteiger partial charge in [0.1, 0.15) is 12.2 Å². The molecule has 0 unspecified atom stereocenters. The van der Waals surface area contributed by atoms with Crippen molar-refractivity contribution in [3.05, 3.63) is 0 Å². The summed E-state index contributed by atoms with van der Waals surface area (Å²) in [6.45, 7) is 13.6. The molecule has 4 fully saturated rings. The number of aliphatic hydroxyl groups excluding tert-OH is 1. The van der Waals surface area contributed by atoms with E-state index in [4.69, 9.17) is 14.2 Å². The molecule has 0 aromatic rings. The van der Waals surface area contributed by atoms with Crippen LogP contribution in [0.2, 0.25) is 0 Å². The Hall–Kier alpha value is -1.63. The second-order valence-corrected chi connectivity index (χ2v) is 13.7. The van der Waals surface area contributed by atoms with Gasteiger partial charge >= 0.3 is 17.9 Å². The number of carbonyl (C=O) groups is 3. The third kappa shape index (κ3) is 5.38. The second kappa shape index (κ2) is 11.1. The zero-order chi connectivity index (χ0) is 28.0. The van der Waals surface area contributed by atoms with Crippen LogP contribution in [0.15, 0.2) is 0 Å². The van der Waals surface area contributed by atoms with Crippen LogP contribution in [-0.4, -0.2) is 47.4 Å². The van der Waals surface area contributed by atoms with Crippen LogP contribution < -0.4 is 0 Å². The van der Waals surface area contributed by atoms with E-state index in [2.05, 4.69) is 20.8 Å². The Morgan fingerprint density at radius 1 is 0.921 bits per heavy atom. The lowest BCUT2D eigenvalue weighted by Gasteiger charge is -2.64. The van der Waals surface area contributed by atoms with Gasteiger partial charge in [-0.25, -0.2) is 0 Å². The standard InChI is InChI=1S/C31H50O7/c1-17(2)36-28(35)11-8-18(3)23-9-10-24-29-25(16-27(31(23,24)7)38-20(5)33)30(6)13-12-22(34)14-21(30)15-26(29)37-19(4)32/h17-18,21-27,29,34H,8-16H2,1-7H3/t18-,21+,22-,23-,24+,25+,26-,27+,29+,30+,31-/m1/s1. The topological polar surface area (TPSA) is 99.1 Å². The van der Waals surface area contributed by atoms with Crippen LogP contribution in [0.3, 0.4) is 0 Å². The van der Waals surface area contributed by atoms with Crippen molar-refractivity contribution in [1.82, 2.24) is 0 Å². The molecule has 4 aliphatic rings. The average molecular weight is 535 g/mol. The van der Waals surface area contributed by atoms with E-state index in [0.29, 0.717) is 12.3 Å². The summed E-state index contributed by atoms with van der Waals surface area (Å²) in [7, 11) is 0. The molecule has 0 bridgehead atoms. The van der Waals surface area contributed by atoms with Crippen molar-refractivity contribution in [2.24, 2.45) is 46.3 Å². The van der Waals surface area contributed by atoms with Gasteiger partial charge in [0, 0.05) is 31.6 Å². The van der Waals surface area contributed by atoms with Crippen LogP contribution in [0.1, 0.15) is 106 Å². The van der Waals surface area contributed by atoms with Gasteiger partial charge in [0.25, 0.3) is 0 Å². The molecule has 0 aromatic heterocycles. The van der Waals surface area contributed by atoms with Crippen LogP contribution in [0.25, 0.3) is 0 Å². The molecule has 216 valence electrons. The number of carbonyl (C=O) groups excluding carboxylic acids is 3. The molecular formula is C31H50O7. The first kappa shape index (κ1) is 29.4. The van der Waals surface area contributed by atoms with Gasteiger partial charge in [-0.2, -0.15) is 0 Å². The van der Waals surface area contributed by atoms with Crippen LogP contribution >= 0.6 is 0 Å². The Morgan fingerprint density at radius 3 is 2.24 bits per heavy atom. The van der Waals surface area contributed by atoms with Gasteiger partial charge < -0.3 is 19.3 Å². The summed E-state index contributed by atoms with van der Waals surface area (Å²) >= 11 is 0. The van der Waals surface area contributed by atoms with Crippen LogP contribution in [0, 0.1) is 46.3 Å². The van der Waals surface area contributed by atoms with E-state index in [1.807, 2.05) is 13.8 Å². The summed E-state index contributed by atoms with van der Waals surface area (Å²) in [5, 5.41) is 10.5. The Morgan fingerprint density at radius 2 is 1.61 bits per heavy atom. The van der Waals surface area contributed by atoms with Crippen molar-refractivity contribution in [3.63, 3.8) is 0 Å². The van der Waals surface area contributed by atoms with Crippen molar-refractivity contribution in [2.75, 3.05) is 0 Å². The monoisotopic (exact) mass is 534 g/mol. The number of rotatable bonds is 7. The highest BCUT2D eigenvalue weighted by Gasteiger charge is 2.67. The molecule has 7 nitrogen and oxygen atoms in total. The molecular weight excluding hydrogens is 484 g/mol. The highest BCUT2D eigenvalue weighted by atomic mass is 16.6. The van der Waals surface area contributed by atoms with Crippen LogP contribution in [0.4, 0.5) is 0 Å². The molecule has 0 saturated heterocycles. The summed E-state index contributed by atoms with van der Waals surface area (Å²) in [5.74, 6) is 0.907. The molecule has 0 spiro atoms. The Bertz CT molecular complexity index is 901. The summed E-state index contributed by atoms with van der Waals surface area (Å²) < 4.78 is 17.7. The van der Waals surface area contributed by atoms with Gasteiger partial charge in [-0.05, 0) is 100 Å². The fourth-order valence-corrected chi connectivity index (χ4v) is 9.66. The Kier molecular flexibility index (Phi) is 8.57. The van der Waals surface area contributed by atoms with E-state index >= 15 is 0 Å². The van der Waals surface area contributed by atoms with E-state index in [1.165, 1.54) is 13.8 Å². The molecule has 4 rings (SSSR count). The van der Waals surface area contributed by atoms with Gasteiger partial charge in [-0.3, -0.25) is 14.4 Å². The van der Waals surface area contributed by atoms with Crippen molar-refractivity contribution in [1.29, 1.82) is 0 Å². The minimum absolute atomic E-state index is 0.0184. The lowest BCUT2D eigenvalue weighted by molar-refractivity contribution is -0.223. The van der Waals surface area contributed by atoms with Crippen LogP contribution in [-0.2, 0) is 28.6 Å². The van der Waals surface area contributed by atoms with Gasteiger partial charge in [0.15, 0.2) is 0 Å². The summed E-state index contributed by atoms with van der Waals surface area (Å²) in [5.41, 5.74) is -0.242. The average Bonchev–Trinajstić information content (AvgIpc) is 3.16. The highest BCUT2D eigenvalue weighted by molar-refractivity contribution is 5.69. The molecule has 0 aromatic carbocycles. The lowest BCUT2D eigenvalue weighted by atomic mass is 9.43. The summed E-state index contributed by atoms with van der Waals surface area (Å²) in [6, 6.07) is 0. The predicted molar refractivity (Wildman–Crippen MR) is 143 cm³/mol. The van der Waals surface area contributed by atoms with E-state index in [9.17, 15) is 19.5 Å². The second-order valence-electron chi connectivity index (χ2n) is 13.7. The SMILES string of the molecule is CC(=O)O[C@H]1C[C@H]2[C@@H]([C@H](OC(C)=O)C[C@@H]3C[C@H](O)CC[C@@]32C)[C@@H]2CC[C@H]([C@H](C)CCC(=O)OC(C)C)[C@@]12C. The first-order valence-electron chi connectivity index (χ1n) is 15.0. The zero-order valence-corrected chi connectivity index (χ0v) is 24.5. The maximum Gasteiger partial charge on any atom is 0.306 e. The van der Waals surface area contributed by atoms with Crippen molar-refractivity contribution >= 4 is 17.9 Å². The molecule has 4 saturated carbocycles. The fraction of sp³-hybridized carbons (Fsp3) is 0.903. The fourth-order valence-electron chi connectivity index (χ4n) is 9.66. The smallest absolute Gasteiger partial charge is 0.306 e. The third-order valence-electron chi connectivity index (χ3n) is 11.3. The van der Waals surface area contributed by atoms with Crippen molar-refractivity contribution in [3.8, 4) is 0 Å². The van der Waals surface area contributed by atoms with Crippen LogP contribution in [0.5, 0.6) is 0 Å². The Balaban J connectivity index is 1.67.